The Balaban J connectivity index is 1.50. The predicted molar refractivity (Wildman–Crippen MR) is 113 cm³/mol. The summed E-state index contributed by atoms with van der Waals surface area (Å²) in [5, 5.41) is 16.7. The number of hydrogen-bond donors (Lipinski definition) is 3. The van der Waals surface area contributed by atoms with Gasteiger partial charge < -0.3 is 20.6 Å². The molecule has 2 fully saturated rings. The van der Waals surface area contributed by atoms with E-state index < -0.39 is 23.2 Å². The fourth-order valence-electron chi connectivity index (χ4n) is 4.06. The van der Waals surface area contributed by atoms with E-state index in [0.29, 0.717) is 18.7 Å². The van der Waals surface area contributed by atoms with Crippen molar-refractivity contribution in [2.75, 3.05) is 29.9 Å². The van der Waals surface area contributed by atoms with Crippen molar-refractivity contribution in [1.82, 2.24) is 15.3 Å². The highest BCUT2D eigenvalue weighted by Gasteiger charge is 2.36. The molecule has 2 atom stereocenters. The third-order valence-corrected chi connectivity index (χ3v) is 6.21. The van der Waals surface area contributed by atoms with Crippen molar-refractivity contribution in [3.8, 4) is 0 Å². The minimum Gasteiger partial charge on any atom is -0.388 e. The zero-order chi connectivity index (χ0) is 22.9. The molecule has 1 saturated heterocycles. The van der Waals surface area contributed by atoms with Crippen LogP contribution in [0, 0.1) is 11.7 Å². The second-order valence-corrected chi connectivity index (χ2v) is 8.81. The summed E-state index contributed by atoms with van der Waals surface area (Å²) in [6, 6.07) is 4.98. The third kappa shape index (κ3) is 5.12. The topological polar surface area (TPSA) is 73.3 Å². The summed E-state index contributed by atoms with van der Waals surface area (Å²) in [7, 11) is 0. The van der Waals surface area contributed by atoms with Gasteiger partial charge in [0.25, 0.3) is 0 Å². The van der Waals surface area contributed by atoms with E-state index in [1.807, 2.05) is 0 Å². The van der Waals surface area contributed by atoms with Crippen LogP contribution in [-0.4, -0.2) is 46.4 Å². The van der Waals surface area contributed by atoms with Crippen LogP contribution in [0.25, 0.3) is 0 Å². The standard InChI is InChI=1S/C22H27F4N5O/c1-21(32)12-27-9-8-16(21)10-28-19-18(23)20(30-13-29-19)31(17-6-7-17)11-14-2-4-15(5-3-14)22(24,25)26/h2-5,13,16-17,27,32H,6-12H2,1H3,(H,28,29,30). The average molecular weight is 453 g/mol. The molecule has 0 amide bonds. The Morgan fingerprint density at radius 3 is 2.53 bits per heavy atom. The predicted octanol–water partition coefficient (Wildman–Crippen LogP) is 3.58. The molecule has 0 spiro atoms. The number of halogens is 4. The fourth-order valence-corrected chi connectivity index (χ4v) is 4.06. The lowest BCUT2D eigenvalue weighted by molar-refractivity contribution is -0.137. The van der Waals surface area contributed by atoms with E-state index >= 15 is 4.39 Å². The molecule has 3 N–H and O–H groups in total. The van der Waals surface area contributed by atoms with Crippen molar-refractivity contribution >= 4 is 11.6 Å². The van der Waals surface area contributed by atoms with E-state index in [1.165, 1.54) is 18.5 Å². The minimum atomic E-state index is -4.40. The first kappa shape index (κ1) is 22.7. The van der Waals surface area contributed by atoms with Gasteiger partial charge in [-0.1, -0.05) is 12.1 Å². The number of nitrogens with one attached hydrogen (secondary N) is 2. The van der Waals surface area contributed by atoms with Gasteiger partial charge in [0.2, 0.25) is 5.82 Å². The van der Waals surface area contributed by atoms with Gasteiger partial charge in [-0.3, -0.25) is 0 Å². The second-order valence-electron chi connectivity index (χ2n) is 8.81. The molecule has 2 heterocycles. The van der Waals surface area contributed by atoms with E-state index in [0.717, 1.165) is 37.9 Å². The van der Waals surface area contributed by atoms with E-state index in [9.17, 15) is 18.3 Å². The van der Waals surface area contributed by atoms with Crippen LogP contribution in [0.3, 0.4) is 0 Å². The second kappa shape index (κ2) is 8.82. The van der Waals surface area contributed by atoms with Crippen LogP contribution in [0.2, 0.25) is 0 Å². The molecule has 0 radical (unpaired) electrons. The monoisotopic (exact) mass is 453 g/mol. The van der Waals surface area contributed by atoms with Gasteiger partial charge in [0, 0.05) is 31.6 Å². The highest BCUT2D eigenvalue weighted by molar-refractivity contribution is 5.52. The Kier molecular flexibility index (Phi) is 6.26. The first-order valence-corrected chi connectivity index (χ1v) is 10.8. The highest BCUT2D eigenvalue weighted by Crippen LogP contribution is 2.35. The number of aliphatic hydroxyl groups is 1. The smallest absolute Gasteiger partial charge is 0.388 e. The molecule has 4 rings (SSSR count). The maximum absolute atomic E-state index is 15.3. The summed E-state index contributed by atoms with van der Waals surface area (Å²) < 4.78 is 53.8. The Hall–Kier alpha value is -2.46. The maximum atomic E-state index is 15.3. The lowest BCUT2D eigenvalue weighted by atomic mass is 9.83. The Morgan fingerprint density at radius 2 is 1.91 bits per heavy atom. The van der Waals surface area contributed by atoms with Gasteiger partial charge >= 0.3 is 6.18 Å². The fraction of sp³-hybridized carbons (Fsp3) is 0.545. The summed E-state index contributed by atoms with van der Waals surface area (Å²) >= 11 is 0. The molecular weight excluding hydrogens is 426 g/mol. The number of rotatable bonds is 7. The van der Waals surface area contributed by atoms with Crippen LogP contribution in [0.5, 0.6) is 0 Å². The van der Waals surface area contributed by atoms with Crippen LogP contribution >= 0.6 is 0 Å². The molecule has 1 aromatic carbocycles. The summed E-state index contributed by atoms with van der Waals surface area (Å²) in [5.41, 5.74) is -0.976. The molecule has 1 aromatic heterocycles. The lowest BCUT2D eigenvalue weighted by Gasteiger charge is -2.37. The SMILES string of the molecule is CC1(O)CNCCC1CNc1ncnc(N(Cc2ccc(C(F)(F)F)cc2)C2CC2)c1F. The van der Waals surface area contributed by atoms with Gasteiger partial charge in [-0.05, 0) is 50.4 Å². The molecule has 1 aliphatic heterocycles. The molecule has 0 bridgehead atoms. The van der Waals surface area contributed by atoms with Crippen LogP contribution in [0.4, 0.5) is 29.2 Å². The normalized spacial score (nSPS) is 23.8. The minimum absolute atomic E-state index is 0.0578. The quantitative estimate of drug-likeness (QED) is 0.557. The zero-order valence-electron chi connectivity index (χ0n) is 17.8. The first-order valence-electron chi connectivity index (χ1n) is 10.8. The van der Waals surface area contributed by atoms with Crippen LogP contribution in [0.1, 0.15) is 37.3 Å². The van der Waals surface area contributed by atoms with Crippen molar-refractivity contribution in [3.63, 3.8) is 0 Å². The molecule has 2 aliphatic rings. The number of aromatic nitrogens is 2. The molecule has 10 heteroatoms. The van der Waals surface area contributed by atoms with Crippen LogP contribution in [-0.2, 0) is 12.7 Å². The summed E-state index contributed by atoms with van der Waals surface area (Å²) in [4.78, 5) is 9.95. The molecule has 6 nitrogen and oxygen atoms in total. The van der Waals surface area contributed by atoms with Crippen LogP contribution in [0.15, 0.2) is 30.6 Å². The van der Waals surface area contributed by atoms with E-state index in [-0.39, 0.29) is 30.1 Å². The third-order valence-electron chi connectivity index (χ3n) is 6.21. The van der Waals surface area contributed by atoms with Gasteiger partial charge in [0.15, 0.2) is 11.6 Å². The van der Waals surface area contributed by atoms with E-state index in [4.69, 9.17) is 0 Å². The number of nitrogens with zero attached hydrogens (tertiary/aromatic N) is 3. The van der Waals surface area contributed by atoms with Gasteiger partial charge in [0.1, 0.15) is 6.33 Å². The van der Waals surface area contributed by atoms with Crippen LogP contribution < -0.4 is 15.5 Å². The van der Waals surface area contributed by atoms with Crippen molar-refractivity contribution in [2.45, 2.75) is 50.6 Å². The lowest BCUT2D eigenvalue weighted by Crippen LogP contribution is -2.52. The van der Waals surface area contributed by atoms with Crippen molar-refractivity contribution in [1.29, 1.82) is 0 Å². The molecule has 32 heavy (non-hydrogen) atoms. The Labute approximate surface area is 184 Å². The van der Waals surface area contributed by atoms with E-state index in [1.54, 1.807) is 11.8 Å². The van der Waals surface area contributed by atoms with Gasteiger partial charge in [-0.15, -0.1) is 0 Å². The molecule has 2 aromatic rings. The van der Waals surface area contributed by atoms with Gasteiger partial charge in [-0.2, -0.15) is 17.6 Å². The summed E-state index contributed by atoms with van der Waals surface area (Å²) in [5.74, 6) is -0.475. The molecular formula is C22H27F4N5O. The maximum Gasteiger partial charge on any atom is 0.416 e. The number of β-amino-alcohol motifs (C(OH)–C–C–N with tert-alkyl or cyclic N) is 1. The summed E-state index contributed by atoms with van der Waals surface area (Å²) in [6.45, 7) is 3.62. The average Bonchev–Trinajstić information content (AvgIpc) is 3.57. The number of alkyl halides is 3. The zero-order valence-corrected chi connectivity index (χ0v) is 17.8. The first-order chi connectivity index (χ1) is 15.1. The largest absolute Gasteiger partial charge is 0.416 e. The molecule has 2 unspecified atom stereocenters. The van der Waals surface area contributed by atoms with E-state index in [2.05, 4.69) is 20.6 Å². The Morgan fingerprint density at radius 1 is 1.19 bits per heavy atom. The van der Waals surface area contributed by atoms with Crippen molar-refractivity contribution in [2.24, 2.45) is 5.92 Å². The number of hydrogen-bond acceptors (Lipinski definition) is 6. The summed E-state index contributed by atoms with van der Waals surface area (Å²) in [6.07, 6.45) is -0.631. The number of piperidine rings is 1. The highest BCUT2D eigenvalue weighted by atomic mass is 19.4. The van der Waals surface area contributed by atoms with Gasteiger partial charge in [0.05, 0.1) is 11.2 Å². The Bertz CT molecular complexity index is 931. The van der Waals surface area contributed by atoms with Crippen molar-refractivity contribution < 1.29 is 22.7 Å². The number of anilines is 2. The number of benzene rings is 1. The molecule has 1 saturated carbocycles. The van der Waals surface area contributed by atoms with Crippen molar-refractivity contribution in [3.05, 3.63) is 47.5 Å². The molecule has 174 valence electrons. The molecule has 1 aliphatic carbocycles. The van der Waals surface area contributed by atoms with Gasteiger partial charge in [-0.25, -0.2) is 9.97 Å².